The SMILES string of the molecule is CCCNC(CC1CCOCC1)C(C)(CC)OCC. The van der Waals surface area contributed by atoms with Crippen molar-refractivity contribution in [2.45, 2.75) is 71.4 Å². The molecule has 1 aliphatic rings. The molecule has 0 amide bonds. The maximum Gasteiger partial charge on any atom is 0.0804 e. The molecular weight excluding hydrogens is 238 g/mol. The molecule has 1 fully saturated rings. The van der Waals surface area contributed by atoms with Gasteiger partial charge in [-0.3, -0.25) is 0 Å². The fourth-order valence-corrected chi connectivity index (χ4v) is 2.96. The quantitative estimate of drug-likeness (QED) is 0.697. The first-order chi connectivity index (χ1) is 9.16. The fraction of sp³-hybridized carbons (Fsp3) is 1.00. The zero-order valence-electron chi connectivity index (χ0n) is 13.3. The van der Waals surface area contributed by atoms with Gasteiger partial charge in [-0.05, 0) is 58.4 Å². The Morgan fingerprint density at radius 3 is 2.47 bits per heavy atom. The lowest BCUT2D eigenvalue weighted by Gasteiger charge is -2.40. The number of hydrogen-bond acceptors (Lipinski definition) is 3. The van der Waals surface area contributed by atoms with Crippen molar-refractivity contribution in [3.8, 4) is 0 Å². The second-order valence-corrected chi connectivity index (χ2v) is 5.90. The van der Waals surface area contributed by atoms with Gasteiger partial charge >= 0.3 is 0 Å². The van der Waals surface area contributed by atoms with E-state index in [9.17, 15) is 0 Å². The molecule has 0 radical (unpaired) electrons. The molecule has 1 heterocycles. The van der Waals surface area contributed by atoms with Gasteiger partial charge in [0, 0.05) is 25.9 Å². The highest BCUT2D eigenvalue weighted by molar-refractivity contribution is 4.90. The van der Waals surface area contributed by atoms with Crippen LogP contribution >= 0.6 is 0 Å². The lowest BCUT2D eigenvalue weighted by atomic mass is 9.83. The fourth-order valence-electron chi connectivity index (χ4n) is 2.96. The number of rotatable bonds is 9. The summed E-state index contributed by atoms with van der Waals surface area (Å²) < 4.78 is 11.6. The molecule has 1 rings (SSSR count). The molecule has 3 nitrogen and oxygen atoms in total. The average molecular weight is 271 g/mol. The van der Waals surface area contributed by atoms with E-state index in [2.05, 4.69) is 33.0 Å². The molecule has 1 N–H and O–H groups in total. The molecule has 0 aromatic heterocycles. The first kappa shape index (κ1) is 16.9. The molecule has 114 valence electrons. The first-order valence-electron chi connectivity index (χ1n) is 8.11. The largest absolute Gasteiger partial charge is 0.381 e. The van der Waals surface area contributed by atoms with Gasteiger partial charge in [-0.15, -0.1) is 0 Å². The summed E-state index contributed by atoms with van der Waals surface area (Å²) in [6.45, 7) is 12.6. The predicted octanol–water partition coefficient (Wildman–Crippen LogP) is 3.38. The van der Waals surface area contributed by atoms with Crippen LogP contribution in [0.4, 0.5) is 0 Å². The van der Waals surface area contributed by atoms with Crippen molar-refractivity contribution in [3.63, 3.8) is 0 Å². The van der Waals surface area contributed by atoms with Gasteiger partial charge in [0.15, 0.2) is 0 Å². The Balaban J connectivity index is 2.62. The molecule has 0 spiro atoms. The van der Waals surface area contributed by atoms with Crippen molar-refractivity contribution in [1.29, 1.82) is 0 Å². The van der Waals surface area contributed by atoms with Crippen molar-refractivity contribution < 1.29 is 9.47 Å². The van der Waals surface area contributed by atoms with Gasteiger partial charge in [0.1, 0.15) is 0 Å². The van der Waals surface area contributed by atoms with E-state index in [1.165, 1.54) is 25.7 Å². The van der Waals surface area contributed by atoms with Crippen LogP contribution < -0.4 is 5.32 Å². The number of ether oxygens (including phenoxy) is 2. The zero-order valence-corrected chi connectivity index (χ0v) is 13.3. The van der Waals surface area contributed by atoms with Crippen LogP contribution in [0, 0.1) is 5.92 Å². The summed E-state index contributed by atoms with van der Waals surface area (Å²) in [6.07, 6.45) is 5.86. The summed E-state index contributed by atoms with van der Waals surface area (Å²) in [5, 5.41) is 3.73. The Labute approximate surface area is 119 Å². The van der Waals surface area contributed by atoms with Crippen molar-refractivity contribution in [3.05, 3.63) is 0 Å². The molecule has 0 aliphatic carbocycles. The van der Waals surface area contributed by atoms with Crippen LogP contribution in [-0.2, 0) is 9.47 Å². The highest BCUT2D eigenvalue weighted by Crippen LogP contribution is 2.29. The minimum absolute atomic E-state index is 0.0395. The zero-order chi connectivity index (χ0) is 14.1. The summed E-state index contributed by atoms with van der Waals surface area (Å²) >= 11 is 0. The summed E-state index contributed by atoms with van der Waals surface area (Å²) in [5.74, 6) is 0.787. The maximum atomic E-state index is 6.09. The minimum atomic E-state index is -0.0395. The summed E-state index contributed by atoms with van der Waals surface area (Å²) in [5.41, 5.74) is -0.0395. The van der Waals surface area contributed by atoms with Gasteiger partial charge < -0.3 is 14.8 Å². The summed E-state index contributed by atoms with van der Waals surface area (Å²) in [7, 11) is 0. The Morgan fingerprint density at radius 1 is 1.26 bits per heavy atom. The molecule has 0 saturated carbocycles. The Kier molecular flexibility index (Phi) is 7.96. The van der Waals surface area contributed by atoms with Crippen molar-refractivity contribution >= 4 is 0 Å². The van der Waals surface area contributed by atoms with E-state index in [1.54, 1.807) is 0 Å². The number of nitrogens with one attached hydrogen (secondary N) is 1. The molecule has 0 aromatic rings. The van der Waals surface area contributed by atoms with Crippen LogP contribution in [0.2, 0.25) is 0 Å². The van der Waals surface area contributed by atoms with Crippen LogP contribution in [0.5, 0.6) is 0 Å². The molecule has 2 unspecified atom stereocenters. The molecule has 2 atom stereocenters. The van der Waals surface area contributed by atoms with E-state index in [0.717, 1.165) is 38.7 Å². The van der Waals surface area contributed by atoms with Crippen LogP contribution in [0.15, 0.2) is 0 Å². The summed E-state index contributed by atoms with van der Waals surface area (Å²) in [4.78, 5) is 0. The van der Waals surface area contributed by atoms with E-state index in [-0.39, 0.29) is 5.60 Å². The predicted molar refractivity (Wildman–Crippen MR) is 80.6 cm³/mol. The van der Waals surface area contributed by atoms with Crippen LogP contribution in [0.3, 0.4) is 0 Å². The van der Waals surface area contributed by atoms with Crippen LogP contribution in [0.1, 0.15) is 59.8 Å². The Hall–Kier alpha value is -0.120. The van der Waals surface area contributed by atoms with Gasteiger partial charge in [0.05, 0.1) is 5.60 Å². The molecular formula is C16H33NO2. The molecule has 3 heteroatoms. The van der Waals surface area contributed by atoms with Gasteiger partial charge in [-0.25, -0.2) is 0 Å². The normalized spacial score (nSPS) is 22.1. The molecule has 0 aromatic carbocycles. The monoisotopic (exact) mass is 271 g/mol. The van der Waals surface area contributed by atoms with Crippen molar-refractivity contribution in [2.24, 2.45) is 5.92 Å². The van der Waals surface area contributed by atoms with E-state index >= 15 is 0 Å². The van der Waals surface area contributed by atoms with Gasteiger partial charge in [-0.1, -0.05) is 13.8 Å². The van der Waals surface area contributed by atoms with E-state index in [0.29, 0.717) is 6.04 Å². The third-order valence-electron chi connectivity index (χ3n) is 4.46. The van der Waals surface area contributed by atoms with Crippen molar-refractivity contribution in [2.75, 3.05) is 26.4 Å². The Morgan fingerprint density at radius 2 is 1.95 bits per heavy atom. The molecule has 0 bridgehead atoms. The topological polar surface area (TPSA) is 30.5 Å². The van der Waals surface area contributed by atoms with Gasteiger partial charge in [0.25, 0.3) is 0 Å². The third kappa shape index (κ3) is 5.41. The number of hydrogen-bond donors (Lipinski definition) is 1. The molecule has 1 saturated heterocycles. The highest BCUT2D eigenvalue weighted by atomic mass is 16.5. The first-order valence-corrected chi connectivity index (χ1v) is 8.11. The average Bonchev–Trinajstić information content (AvgIpc) is 2.44. The van der Waals surface area contributed by atoms with Gasteiger partial charge in [0.2, 0.25) is 0 Å². The standard InChI is InChI=1S/C16H33NO2/c1-5-10-17-15(16(4,6-2)19-7-3)13-14-8-11-18-12-9-14/h14-15,17H,5-13H2,1-4H3. The lowest BCUT2D eigenvalue weighted by Crippen LogP contribution is -2.51. The van der Waals surface area contributed by atoms with Gasteiger partial charge in [-0.2, -0.15) is 0 Å². The molecule has 1 aliphatic heterocycles. The van der Waals surface area contributed by atoms with Crippen LogP contribution in [0.25, 0.3) is 0 Å². The summed E-state index contributed by atoms with van der Waals surface area (Å²) in [6, 6.07) is 0.459. The van der Waals surface area contributed by atoms with E-state index in [4.69, 9.17) is 9.47 Å². The van der Waals surface area contributed by atoms with E-state index in [1.807, 2.05) is 0 Å². The second-order valence-electron chi connectivity index (χ2n) is 5.90. The highest BCUT2D eigenvalue weighted by Gasteiger charge is 2.34. The van der Waals surface area contributed by atoms with E-state index < -0.39 is 0 Å². The molecule has 19 heavy (non-hydrogen) atoms. The van der Waals surface area contributed by atoms with Crippen molar-refractivity contribution in [1.82, 2.24) is 5.32 Å². The Bertz CT molecular complexity index is 229. The minimum Gasteiger partial charge on any atom is -0.381 e. The lowest BCUT2D eigenvalue weighted by molar-refractivity contribution is -0.0640. The second kappa shape index (κ2) is 8.93. The van der Waals surface area contributed by atoms with Crippen LogP contribution in [-0.4, -0.2) is 38.0 Å². The smallest absolute Gasteiger partial charge is 0.0804 e. The third-order valence-corrected chi connectivity index (χ3v) is 4.46. The maximum absolute atomic E-state index is 6.09.